The SMILES string of the molecule is CCc1cc(C)cc(CC)c1C(=O)C1CC2CCCC(C1)N2. The molecule has 0 spiro atoms. The molecule has 2 saturated heterocycles. The van der Waals surface area contributed by atoms with E-state index in [-0.39, 0.29) is 5.92 Å². The van der Waals surface area contributed by atoms with E-state index in [1.165, 1.54) is 36.0 Å². The Morgan fingerprint density at radius 2 is 1.64 bits per heavy atom. The Balaban J connectivity index is 1.91. The number of benzene rings is 1. The summed E-state index contributed by atoms with van der Waals surface area (Å²) in [5, 5.41) is 3.70. The molecule has 2 aliphatic rings. The standard InChI is InChI=1S/C20H29NO/c1-4-14-9-13(3)10-15(5-2)19(14)20(22)16-11-17-7-6-8-18(12-16)21-17/h9-10,16-18,21H,4-8,11-12H2,1-3H3. The lowest BCUT2D eigenvalue weighted by Crippen LogP contribution is -2.50. The molecule has 3 rings (SSSR count). The number of carbonyl (C=O) groups excluding carboxylic acids is 1. The second-order valence-corrected chi connectivity index (χ2v) is 7.19. The summed E-state index contributed by atoms with van der Waals surface area (Å²) in [5.41, 5.74) is 4.85. The van der Waals surface area contributed by atoms with Crippen LogP contribution >= 0.6 is 0 Å². The van der Waals surface area contributed by atoms with Crippen LogP contribution in [0.2, 0.25) is 0 Å². The smallest absolute Gasteiger partial charge is 0.166 e. The van der Waals surface area contributed by atoms with Crippen molar-refractivity contribution in [1.82, 2.24) is 5.32 Å². The molecule has 2 heteroatoms. The van der Waals surface area contributed by atoms with Crippen molar-refractivity contribution in [3.8, 4) is 0 Å². The van der Waals surface area contributed by atoms with Crippen LogP contribution in [0, 0.1) is 12.8 Å². The third kappa shape index (κ3) is 2.99. The minimum atomic E-state index is 0.231. The van der Waals surface area contributed by atoms with Crippen LogP contribution in [-0.4, -0.2) is 17.9 Å². The topological polar surface area (TPSA) is 29.1 Å². The Labute approximate surface area is 134 Å². The lowest BCUT2D eigenvalue weighted by Gasteiger charge is -2.40. The van der Waals surface area contributed by atoms with Crippen molar-refractivity contribution in [2.45, 2.75) is 77.8 Å². The molecule has 0 radical (unpaired) electrons. The number of aryl methyl sites for hydroxylation is 3. The van der Waals surface area contributed by atoms with Gasteiger partial charge in [-0.1, -0.05) is 38.0 Å². The number of fused-ring (bicyclic) bond motifs is 2. The largest absolute Gasteiger partial charge is 0.311 e. The van der Waals surface area contributed by atoms with Crippen molar-refractivity contribution >= 4 is 5.78 Å². The average molecular weight is 299 g/mol. The fourth-order valence-electron chi connectivity index (χ4n) is 4.50. The number of ketones is 1. The van der Waals surface area contributed by atoms with Gasteiger partial charge in [0.25, 0.3) is 0 Å². The van der Waals surface area contributed by atoms with Gasteiger partial charge < -0.3 is 5.32 Å². The van der Waals surface area contributed by atoms with Crippen molar-refractivity contribution in [2.24, 2.45) is 5.92 Å². The molecule has 2 heterocycles. The van der Waals surface area contributed by atoms with Gasteiger partial charge in [-0.3, -0.25) is 4.79 Å². The van der Waals surface area contributed by atoms with Gasteiger partial charge in [-0.25, -0.2) is 0 Å². The van der Waals surface area contributed by atoms with Crippen LogP contribution < -0.4 is 5.32 Å². The highest BCUT2D eigenvalue weighted by molar-refractivity contribution is 6.00. The summed E-state index contributed by atoms with van der Waals surface area (Å²) >= 11 is 0. The average Bonchev–Trinajstić information content (AvgIpc) is 2.52. The predicted molar refractivity (Wildman–Crippen MR) is 91.6 cm³/mol. The van der Waals surface area contributed by atoms with E-state index in [9.17, 15) is 4.79 Å². The molecule has 0 saturated carbocycles. The number of Topliss-reactive ketones (excluding diaryl/α,β-unsaturated/α-hetero) is 1. The third-order valence-electron chi connectivity index (χ3n) is 5.54. The minimum Gasteiger partial charge on any atom is -0.311 e. The summed E-state index contributed by atoms with van der Waals surface area (Å²) in [6.07, 6.45) is 7.80. The molecule has 0 amide bonds. The van der Waals surface area contributed by atoms with Crippen molar-refractivity contribution in [2.75, 3.05) is 0 Å². The van der Waals surface area contributed by atoms with Crippen LogP contribution in [0.25, 0.3) is 0 Å². The van der Waals surface area contributed by atoms with Gasteiger partial charge in [-0.15, -0.1) is 0 Å². The molecule has 0 aliphatic carbocycles. The van der Waals surface area contributed by atoms with E-state index in [0.717, 1.165) is 31.2 Å². The first kappa shape index (κ1) is 15.7. The maximum atomic E-state index is 13.3. The molecule has 1 N–H and O–H groups in total. The zero-order valence-corrected chi connectivity index (χ0v) is 14.2. The lowest BCUT2D eigenvalue weighted by molar-refractivity contribution is 0.0823. The summed E-state index contributed by atoms with van der Waals surface area (Å²) in [7, 11) is 0. The second kappa shape index (κ2) is 6.54. The highest BCUT2D eigenvalue weighted by Gasteiger charge is 2.35. The molecule has 2 atom stereocenters. The summed E-state index contributed by atoms with van der Waals surface area (Å²) in [6, 6.07) is 5.58. The molecule has 2 nitrogen and oxygen atoms in total. The van der Waals surface area contributed by atoms with E-state index in [1.807, 2.05) is 0 Å². The first-order chi connectivity index (χ1) is 10.6. The molecule has 2 fully saturated rings. The summed E-state index contributed by atoms with van der Waals surface area (Å²) in [5.74, 6) is 0.655. The molecule has 0 aromatic heterocycles. The number of carbonyl (C=O) groups is 1. The van der Waals surface area contributed by atoms with Crippen LogP contribution in [-0.2, 0) is 12.8 Å². The minimum absolute atomic E-state index is 0.231. The molecular weight excluding hydrogens is 270 g/mol. The Morgan fingerprint density at radius 3 is 2.14 bits per heavy atom. The number of piperidine rings is 2. The van der Waals surface area contributed by atoms with Gasteiger partial charge in [0.2, 0.25) is 0 Å². The van der Waals surface area contributed by atoms with E-state index in [4.69, 9.17) is 0 Å². The zero-order valence-electron chi connectivity index (χ0n) is 14.2. The van der Waals surface area contributed by atoms with Gasteiger partial charge in [0.05, 0.1) is 0 Å². The van der Waals surface area contributed by atoms with Crippen LogP contribution in [0.3, 0.4) is 0 Å². The monoisotopic (exact) mass is 299 g/mol. The Morgan fingerprint density at radius 1 is 1.09 bits per heavy atom. The second-order valence-electron chi connectivity index (χ2n) is 7.19. The summed E-state index contributed by atoms with van der Waals surface area (Å²) in [4.78, 5) is 13.3. The van der Waals surface area contributed by atoms with E-state index >= 15 is 0 Å². The van der Waals surface area contributed by atoms with Crippen molar-refractivity contribution in [1.29, 1.82) is 0 Å². The molecule has 2 aliphatic heterocycles. The van der Waals surface area contributed by atoms with E-state index in [1.54, 1.807) is 0 Å². The number of hydrogen-bond donors (Lipinski definition) is 1. The Kier molecular flexibility index (Phi) is 4.67. The van der Waals surface area contributed by atoms with Gasteiger partial charge >= 0.3 is 0 Å². The van der Waals surface area contributed by atoms with Gasteiger partial charge in [-0.05, 0) is 56.6 Å². The van der Waals surface area contributed by atoms with Gasteiger partial charge in [0.1, 0.15) is 0 Å². The number of rotatable bonds is 4. The maximum Gasteiger partial charge on any atom is 0.166 e. The van der Waals surface area contributed by atoms with Crippen LogP contribution in [0.5, 0.6) is 0 Å². The van der Waals surface area contributed by atoms with E-state index in [0.29, 0.717) is 17.9 Å². The van der Waals surface area contributed by atoms with Crippen LogP contribution in [0.15, 0.2) is 12.1 Å². The zero-order chi connectivity index (χ0) is 15.7. The van der Waals surface area contributed by atoms with Gasteiger partial charge in [0.15, 0.2) is 5.78 Å². The van der Waals surface area contributed by atoms with Crippen molar-refractivity contribution < 1.29 is 4.79 Å². The van der Waals surface area contributed by atoms with Crippen LogP contribution in [0.1, 0.15) is 73.0 Å². The normalized spacial score (nSPS) is 27.7. The maximum absolute atomic E-state index is 13.3. The Bertz CT molecular complexity index is 526. The number of nitrogens with one attached hydrogen (secondary N) is 1. The lowest BCUT2D eigenvalue weighted by atomic mass is 9.75. The van der Waals surface area contributed by atoms with E-state index < -0.39 is 0 Å². The summed E-state index contributed by atoms with van der Waals surface area (Å²) < 4.78 is 0. The van der Waals surface area contributed by atoms with Crippen LogP contribution in [0.4, 0.5) is 0 Å². The Hall–Kier alpha value is -1.15. The molecule has 2 bridgehead atoms. The van der Waals surface area contributed by atoms with Gasteiger partial charge in [-0.2, -0.15) is 0 Å². The molecular formula is C20H29NO. The highest BCUT2D eigenvalue weighted by atomic mass is 16.1. The quantitative estimate of drug-likeness (QED) is 0.843. The molecule has 120 valence electrons. The fraction of sp³-hybridized carbons (Fsp3) is 0.650. The molecule has 2 unspecified atom stereocenters. The predicted octanol–water partition coefficient (Wildman–Crippen LogP) is 4.22. The number of hydrogen-bond acceptors (Lipinski definition) is 2. The third-order valence-corrected chi connectivity index (χ3v) is 5.54. The van der Waals surface area contributed by atoms with E-state index in [2.05, 4.69) is 38.2 Å². The van der Waals surface area contributed by atoms with Crippen molar-refractivity contribution in [3.63, 3.8) is 0 Å². The first-order valence-electron chi connectivity index (χ1n) is 9.05. The van der Waals surface area contributed by atoms with Crippen molar-refractivity contribution in [3.05, 3.63) is 34.4 Å². The molecule has 1 aromatic rings. The molecule has 22 heavy (non-hydrogen) atoms. The molecule has 1 aromatic carbocycles. The first-order valence-corrected chi connectivity index (χ1v) is 9.05. The summed E-state index contributed by atoms with van der Waals surface area (Å²) in [6.45, 7) is 6.48. The van der Waals surface area contributed by atoms with Gasteiger partial charge in [0, 0.05) is 23.6 Å². The fourth-order valence-corrected chi connectivity index (χ4v) is 4.50. The highest BCUT2D eigenvalue weighted by Crippen LogP contribution is 2.33.